The molecule has 3 rings (SSSR count). The van der Waals surface area contributed by atoms with Gasteiger partial charge in [0.25, 0.3) is 0 Å². The van der Waals surface area contributed by atoms with E-state index in [1.807, 2.05) is 12.1 Å². The molecule has 0 aliphatic heterocycles. The average molecular weight is 271 g/mol. The van der Waals surface area contributed by atoms with E-state index in [1.165, 1.54) is 12.1 Å². The SMILES string of the molecule is OC(CCc1ccncc1)c1cc2cc(F)ccc2o1. The number of aliphatic hydroxyl groups excluding tert-OH is 1. The van der Waals surface area contributed by atoms with E-state index in [0.717, 1.165) is 12.0 Å². The van der Waals surface area contributed by atoms with Crippen molar-refractivity contribution in [2.24, 2.45) is 0 Å². The highest BCUT2D eigenvalue weighted by atomic mass is 19.1. The number of rotatable bonds is 4. The van der Waals surface area contributed by atoms with Crippen LogP contribution in [0.4, 0.5) is 4.39 Å². The molecule has 1 unspecified atom stereocenters. The van der Waals surface area contributed by atoms with Crippen molar-refractivity contribution in [2.45, 2.75) is 18.9 Å². The van der Waals surface area contributed by atoms with E-state index in [0.29, 0.717) is 23.2 Å². The third-order valence-corrected chi connectivity index (χ3v) is 3.28. The number of aryl methyl sites for hydroxylation is 1. The van der Waals surface area contributed by atoms with E-state index in [-0.39, 0.29) is 5.82 Å². The first kappa shape index (κ1) is 12.8. The highest BCUT2D eigenvalue weighted by Crippen LogP contribution is 2.27. The molecule has 102 valence electrons. The van der Waals surface area contributed by atoms with Gasteiger partial charge in [0, 0.05) is 17.8 Å². The van der Waals surface area contributed by atoms with Crippen molar-refractivity contribution in [3.05, 3.63) is 65.9 Å². The fourth-order valence-corrected chi connectivity index (χ4v) is 2.19. The molecular formula is C16H14FNO2. The summed E-state index contributed by atoms with van der Waals surface area (Å²) in [5.41, 5.74) is 1.70. The van der Waals surface area contributed by atoms with Gasteiger partial charge in [-0.25, -0.2) is 4.39 Å². The molecular weight excluding hydrogens is 257 g/mol. The Bertz CT molecular complexity index is 709. The van der Waals surface area contributed by atoms with Crippen LogP contribution in [0.1, 0.15) is 23.8 Å². The van der Waals surface area contributed by atoms with Crippen LogP contribution in [-0.4, -0.2) is 10.1 Å². The second-order valence-corrected chi connectivity index (χ2v) is 4.74. The van der Waals surface area contributed by atoms with Crippen LogP contribution in [0.3, 0.4) is 0 Å². The first-order chi connectivity index (χ1) is 9.72. The molecule has 1 aromatic carbocycles. The van der Waals surface area contributed by atoms with E-state index in [4.69, 9.17) is 4.42 Å². The van der Waals surface area contributed by atoms with Gasteiger partial charge in [0.1, 0.15) is 23.3 Å². The van der Waals surface area contributed by atoms with Crippen LogP contribution in [0, 0.1) is 5.82 Å². The first-order valence-electron chi connectivity index (χ1n) is 6.48. The topological polar surface area (TPSA) is 46.3 Å². The molecule has 3 aromatic rings. The molecule has 1 N–H and O–H groups in total. The summed E-state index contributed by atoms with van der Waals surface area (Å²) >= 11 is 0. The third-order valence-electron chi connectivity index (χ3n) is 3.28. The summed E-state index contributed by atoms with van der Waals surface area (Å²) in [5.74, 6) is 0.163. The fourth-order valence-electron chi connectivity index (χ4n) is 2.19. The maximum atomic E-state index is 13.1. The Balaban J connectivity index is 1.73. The summed E-state index contributed by atoms with van der Waals surface area (Å²) in [7, 11) is 0. The van der Waals surface area contributed by atoms with Crippen LogP contribution in [-0.2, 0) is 6.42 Å². The van der Waals surface area contributed by atoms with Gasteiger partial charge in [-0.3, -0.25) is 4.98 Å². The second-order valence-electron chi connectivity index (χ2n) is 4.74. The third kappa shape index (κ3) is 2.70. The largest absolute Gasteiger partial charge is 0.458 e. The van der Waals surface area contributed by atoms with E-state index in [9.17, 15) is 9.50 Å². The molecule has 0 aliphatic carbocycles. The van der Waals surface area contributed by atoms with E-state index >= 15 is 0 Å². The minimum Gasteiger partial charge on any atom is -0.458 e. The van der Waals surface area contributed by atoms with Gasteiger partial charge < -0.3 is 9.52 Å². The monoisotopic (exact) mass is 271 g/mol. The number of pyridine rings is 1. The number of fused-ring (bicyclic) bond motifs is 1. The standard InChI is InChI=1S/C16H14FNO2/c17-13-2-4-15-12(9-13)10-16(20-15)14(19)3-1-11-5-7-18-8-6-11/h2,4-10,14,19H,1,3H2. The van der Waals surface area contributed by atoms with Gasteiger partial charge in [-0.2, -0.15) is 0 Å². The van der Waals surface area contributed by atoms with Gasteiger partial charge >= 0.3 is 0 Å². The predicted molar refractivity (Wildman–Crippen MR) is 73.7 cm³/mol. The predicted octanol–water partition coefficient (Wildman–Crippen LogP) is 3.63. The Morgan fingerprint density at radius 2 is 1.95 bits per heavy atom. The summed E-state index contributed by atoms with van der Waals surface area (Å²) in [6, 6.07) is 9.84. The average Bonchev–Trinajstić information content (AvgIpc) is 2.89. The van der Waals surface area contributed by atoms with Gasteiger partial charge in [-0.15, -0.1) is 0 Å². The van der Waals surface area contributed by atoms with Gasteiger partial charge in [-0.1, -0.05) is 0 Å². The van der Waals surface area contributed by atoms with Crippen LogP contribution >= 0.6 is 0 Å². The molecule has 0 aliphatic rings. The highest BCUT2D eigenvalue weighted by Gasteiger charge is 2.13. The Morgan fingerprint density at radius 1 is 1.15 bits per heavy atom. The highest BCUT2D eigenvalue weighted by molar-refractivity contribution is 5.77. The molecule has 0 fully saturated rings. The normalized spacial score (nSPS) is 12.7. The van der Waals surface area contributed by atoms with Crippen LogP contribution in [0.25, 0.3) is 11.0 Å². The molecule has 0 amide bonds. The molecule has 20 heavy (non-hydrogen) atoms. The van der Waals surface area contributed by atoms with Crippen molar-refractivity contribution in [1.82, 2.24) is 4.98 Å². The van der Waals surface area contributed by atoms with Gasteiger partial charge in [0.2, 0.25) is 0 Å². The zero-order valence-corrected chi connectivity index (χ0v) is 10.8. The van der Waals surface area contributed by atoms with E-state index < -0.39 is 6.10 Å². The fraction of sp³-hybridized carbons (Fsp3) is 0.188. The van der Waals surface area contributed by atoms with Crippen LogP contribution in [0.15, 0.2) is 53.2 Å². The van der Waals surface area contributed by atoms with Crippen LogP contribution < -0.4 is 0 Å². The van der Waals surface area contributed by atoms with Gasteiger partial charge in [0.05, 0.1) is 0 Å². The van der Waals surface area contributed by atoms with Crippen molar-refractivity contribution < 1.29 is 13.9 Å². The summed E-state index contributed by atoms with van der Waals surface area (Å²) in [6.45, 7) is 0. The number of aliphatic hydroxyl groups is 1. The summed E-state index contributed by atoms with van der Waals surface area (Å²) in [6.07, 6.45) is 4.04. The van der Waals surface area contributed by atoms with Crippen molar-refractivity contribution in [1.29, 1.82) is 0 Å². The molecule has 3 nitrogen and oxygen atoms in total. The Kier molecular flexibility index (Phi) is 3.48. The summed E-state index contributed by atoms with van der Waals surface area (Å²) in [4.78, 5) is 3.95. The number of aromatic nitrogens is 1. The zero-order chi connectivity index (χ0) is 13.9. The Morgan fingerprint density at radius 3 is 2.75 bits per heavy atom. The van der Waals surface area contributed by atoms with E-state index in [1.54, 1.807) is 24.5 Å². The summed E-state index contributed by atoms with van der Waals surface area (Å²) in [5, 5.41) is 10.8. The molecule has 2 aromatic heterocycles. The van der Waals surface area contributed by atoms with Crippen LogP contribution in [0.5, 0.6) is 0 Å². The summed E-state index contributed by atoms with van der Waals surface area (Å²) < 4.78 is 18.7. The van der Waals surface area contributed by atoms with Crippen molar-refractivity contribution >= 4 is 11.0 Å². The van der Waals surface area contributed by atoms with Gasteiger partial charge in [-0.05, 0) is 54.8 Å². The first-order valence-corrected chi connectivity index (χ1v) is 6.48. The molecule has 4 heteroatoms. The number of hydrogen-bond donors (Lipinski definition) is 1. The Labute approximate surface area is 115 Å². The molecule has 0 saturated carbocycles. The molecule has 0 radical (unpaired) electrons. The maximum Gasteiger partial charge on any atom is 0.134 e. The lowest BCUT2D eigenvalue weighted by Gasteiger charge is -2.07. The molecule has 2 heterocycles. The van der Waals surface area contributed by atoms with Crippen molar-refractivity contribution in [3.8, 4) is 0 Å². The maximum absolute atomic E-state index is 13.1. The lowest BCUT2D eigenvalue weighted by Crippen LogP contribution is -1.98. The molecule has 0 saturated heterocycles. The van der Waals surface area contributed by atoms with E-state index in [2.05, 4.69) is 4.98 Å². The quantitative estimate of drug-likeness (QED) is 0.788. The second kappa shape index (κ2) is 5.43. The molecule has 0 spiro atoms. The number of furan rings is 1. The number of hydrogen-bond acceptors (Lipinski definition) is 3. The number of halogens is 1. The van der Waals surface area contributed by atoms with Crippen molar-refractivity contribution in [2.75, 3.05) is 0 Å². The van der Waals surface area contributed by atoms with Gasteiger partial charge in [0.15, 0.2) is 0 Å². The minimum atomic E-state index is -0.696. The number of benzene rings is 1. The lowest BCUT2D eigenvalue weighted by molar-refractivity contribution is 0.143. The lowest BCUT2D eigenvalue weighted by atomic mass is 10.1. The smallest absolute Gasteiger partial charge is 0.134 e. The minimum absolute atomic E-state index is 0.309. The number of nitrogens with zero attached hydrogens (tertiary/aromatic N) is 1. The molecule has 0 bridgehead atoms. The van der Waals surface area contributed by atoms with Crippen LogP contribution in [0.2, 0.25) is 0 Å². The molecule has 1 atom stereocenters. The Hall–Kier alpha value is -2.20. The van der Waals surface area contributed by atoms with Crippen molar-refractivity contribution in [3.63, 3.8) is 0 Å². The zero-order valence-electron chi connectivity index (χ0n) is 10.8.